The van der Waals surface area contributed by atoms with Crippen molar-refractivity contribution >= 4 is 15.9 Å². The Labute approximate surface area is 133 Å². The Hall–Kier alpha value is -1.17. The predicted octanol–water partition coefficient (Wildman–Crippen LogP) is 3.62. The van der Waals surface area contributed by atoms with Gasteiger partial charge >= 0.3 is 0 Å². The van der Waals surface area contributed by atoms with Crippen molar-refractivity contribution in [2.75, 3.05) is 6.61 Å². The van der Waals surface area contributed by atoms with Gasteiger partial charge in [0.2, 0.25) is 0 Å². The Bertz CT molecular complexity index is 588. The maximum absolute atomic E-state index is 10.2. The molecule has 0 saturated carbocycles. The molecule has 0 bridgehead atoms. The standard InChI is InChI=1S/C16H21BrN2O2/c1-4-21-10-13-18-15(17)14(12-8-6-5-7-9-12)19(13)11-16(2,3)20/h5-9,20H,4,10-11H2,1-3H3. The van der Waals surface area contributed by atoms with Crippen LogP contribution < -0.4 is 0 Å². The molecule has 1 aromatic carbocycles. The summed E-state index contributed by atoms with van der Waals surface area (Å²) in [4.78, 5) is 4.55. The zero-order valence-corrected chi connectivity index (χ0v) is 14.2. The first-order chi connectivity index (χ1) is 9.92. The van der Waals surface area contributed by atoms with Gasteiger partial charge in [0.15, 0.2) is 0 Å². The predicted molar refractivity (Wildman–Crippen MR) is 87.0 cm³/mol. The number of rotatable bonds is 6. The normalized spacial score (nSPS) is 11.9. The summed E-state index contributed by atoms with van der Waals surface area (Å²) in [7, 11) is 0. The summed E-state index contributed by atoms with van der Waals surface area (Å²) >= 11 is 3.54. The number of nitrogens with zero attached hydrogens (tertiary/aromatic N) is 2. The zero-order chi connectivity index (χ0) is 15.5. The number of ether oxygens (including phenoxy) is 1. The third-order valence-electron chi connectivity index (χ3n) is 3.03. The van der Waals surface area contributed by atoms with Crippen LogP contribution in [0.2, 0.25) is 0 Å². The first kappa shape index (κ1) is 16.2. The van der Waals surface area contributed by atoms with Crippen molar-refractivity contribution in [3.05, 3.63) is 40.8 Å². The monoisotopic (exact) mass is 352 g/mol. The van der Waals surface area contributed by atoms with E-state index in [4.69, 9.17) is 4.74 Å². The lowest BCUT2D eigenvalue weighted by atomic mass is 10.1. The Morgan fingerprint density at radius 1 is 1.29 bits per heavy atom. The number of imidazole rings is 1. The lowest BCUT2D eigenvalue weighted by molar-refractivity contribution is 0.0574. The molecule has 114 valence electrons. The highest BCUT2D eigenvalue weighted by atomic mass is 79.9. The molecule has 0 saturated heterocycles. The SMILES string of the molecule is CCOCc1nc(Br)c(-c2ccccc2)n1CC(C)(C)O. The van der Waals surface area contributed by atoms with Crippen LogP contribution in [0.5, 0.6) is 0 Å². The lowest BCUT2D eigenvalue weighted by Gasteiger charge is -2.21. The molecule has 5 heteroatoms. The molecule has 1 heterocycles. The number of hydrogen-bond acceptors (Lipinski definition) is 3. The average molecular weight is 353 g/mol. The molecule has 0 aliphatic rings. The number of halogens is 1. The third kappa shape index (κ3) is 4.15. The summed E-state index contributed by atoms with van der Waals surface area (Å²) in [6.07, 6.45) is 0. The molecule has 0 unspecified atom stereocenters. The van der Waals surface area contributed by atoms with Crippen LogP contribution in [-0.2, 0) is 17.9 Å². The summed E-state index contributed by atoms with van der Waals surface area (Å²) in [6.45, 7) is 7.06. The van der Waals surface area contributed by atoms with Crippen LogP contribution >= 0.6 is 15.9 Å². The van der Waals surface area contributed by atoms with E-state index in [0.717, 1.165) is 21.7 Å². The highest BCUT2D eigenvalue weighted by Gasteiger charge is 2.22. The van der Waals surface area contributed by atoms with E-state index in [1.54, 1.807) is 13.8 Å². The Balaban J connectivity index is 2.49. The smallest absolute Gasteiger partial charge is 0.136 e. The molecule has 4 nitrogen and oxygen atoms in total. The van der Waals surface area contributed by atoms with Crippen LogP contribution in [0.1, 0.15) is 26.6 Å². The molecule has 0 amide bonds. The van der Waals surface area contributed by atoms with E-state index in [1.807, 2.05) is 41.8 Å². The van der Waals surface area contributed by atoms with E-state index < -0.39 is 5.60 Å². The summed E-state index contributed by atoms with van der Waals surface area (Å²) in [6, 6.07) is 10.0. The van der Waals surface area contributed by atoms with Gasteiger partial charge in [-0.05, 0) is 36.7 Å². The Kier molecular flexibility index (Phi) is 5.19. The molecule has 1 aromatic heterocycles. The van der Waals surface area contributed by atoms with Gasteiger partial charge in [0.05, 0.1) is 17.8 Å². The van der Waals surface area contributed by atoms with Crippen molar-refractivity contribution in [1.29, 1.82) is 0 Å². The lowest BCUT2D eigenvalue weighted by Crippen LogP contribution is -2.27. The largest absolute Gasteiger partial charge is 0.389 e. The minimum atomic E-state index is -0.829. The van der Waals surface area contributed by atoms with E-state index in [9.17, 15) is 5.11 Å². The van der Waals surface area contributed by atoms with E-state index in [2.05, 4.69) is 20.9 Å². The fourth-order valence-corrected chi connectivity index (χ4v) is 2.85. The fourth-order valence-electron chi connectivity index (χ4n) is 2.20. The van der Waals surface area contributed by atoms with Gasteiger partial charge < -0.3 is 14.4 Å². The van der Waals surface area contributed by atoms with Gasteiger partial charge in [0.25, 0.3) is 0 Å². The molecule has 2 aromatic rings. The van der Waals surface area contributed by atoms with Crippen LogP contribution in [0.4, 0.5) is 0 Å². The van der Waals surface area contributed by atoms with Gasteiger partial charge in [-0.15, -0.1) is 0 Å². The topological polar surface area (TPSA) is 47.3 Å². The molecule has 0 spiro atoms. The van der Waals surface area contributed by atoms with Gasteiger partial charge in [-0.25, -0.2) is 4.98 Å². The molecule has 0 aliphatic carbocycles. The van der Waals surface area contributed by atoms with Crippen molar-refractivity contribution in [2.45, 2.75) is 39.5 Å². The van der Waals surface area contributed by atoms with Gasteiger partial charge in [0, 0.05) is 12.2 Å². The molecule has 0 fully saturated rings. The molecular weight excluding hydrogens is 332 g/mol. The Morgan fingerprint density at radius 3 is 2.52 bits per heavy atom. The first-order valence-electron chi connectivity index (χ1n) is 7.03. The molecular formula is C16H21BrN2O2. The maximum Gasteiger partial charge on any atom is 0.136 e. The van der Waals surface area contributed by atoms with Crippen LogP contribution in [0.15, 0.2) is 34.9 Å². The van der Waals surface area contributed by atoms with Crippen molar-refractivity contribution in [3.63, 3.8) is 0 Å². The van der Waals surface area contributed by atoms with Gasteiger partial charge in [-0.1, -0.05) is 30.3 Å². The summed E-state index contributed by atoms with van der Waals surface area (Å²) < 4.78 is 8.29. The molecule has 0 atom stereocenters. The molecule has 1 N–H and O–H groups in total. The molecule has 0 aliphatic heterocycles. The number of aliphatic hydroxyl groups is 1. The molecule has 21 heavy (non-hydrogen) atoms. The number of hydrogen-bond donors (Lipinski definition) is 1. The minimum absolute atomic E-state index is 0.429. The van der Waals surface area contributed by atoms with Crippen molar-refractivity contribution in [3.8, 4) is 11.3 Å². The second kappa shape index (κ2) is 6.73. The number of benzene rings is 1. The van der Waals surface area contributed by atoms with E-state index in [-0.39, 0.29) is 0 Å². The average Bonchev–Trinajstić information content (AvgIpc) is 2.71. The number of aromatic nitrogens is 2. The summed E-state index contributed by atoms with van der Waals surface area (Å²) in [5, 5.41) is 10.2. The Morgan fingerprint density at radius 2 is 1.95 bits per heavy atom. The zero-order valence-electron chi connectivity index (χ0n) is 12.6. The summed E-state index contributed by atoms with van der Waals surface area (Å²) in [5.74, 6) is 0.810. The highest BCUT2D eigenvalue weighted by molar-refractivity contribution is 9.10. The van der Waals surface area contributed by atoms with Gasteiger partial charge in [-0.3, -0.25) is 0 Å². The minimum Gasteiger partial charge on any atom is -0.389 e. The molecule has 2 rings (SSSR count). The van der Waals surface area contributed by atoms with Crippen molar-refractivity contribution in [2.24, 2.45) is 0 Å². The van der Waals surface area contributed by atoms with Gasteiger partial charge in [-0.2, -0.15) is 0 Å². The van der Waals surface area contributed by atoms with Crippen LogP contribution in [-0.4, -0.2) is 26.9 Å². The molecule has 0 radical (unpaired) electrons. The van der Waals surface area contributed by atoms with Crippen LogP contribution in [0.25, 0.3) is 11.3 Å². The first-order valence-corrected chi connectivity index (χ1v) is 7.82. The van der Waals surface area contributed by atoms with Gasteiger partial charge in [0.1, 0.15) is 17.0 Å². The third-order valence-corrected chi connectivity index (χ3v) is 3.58. The van der Waals surface area contributed by atoms with E-state index in [0.29, 0.717) is 19.8 Å². The van der Waals surface area contributed by atoms with Crippen LogP contribution in [0, 0.1) is 0 Å². The quantitative estimate of drug-likeness (QED) is 0.863. The van der Waals surface area contributed by atoms with Crippen molar-refractivity contribution < 1.29 is 9.84 Å². The second-order valence-electron chi connectivity index (χ2n) is 5.57. The van der Waals surface area contributed by atoms with E-state index >= 15 is 0 Å². The van der Waals surface area contributed by atoms with Crippen LogP contribution in [0.3, 0.4) is 0 Å². The van der Waals surface area contributed by atoms with Crippen molar-refractivity contribution in [1.82, 2.24) is 9.55 Å². The van der Waals surface area contributed by atoms with E-state index in [1.165, 1.54) is 0 Å². The maximum atomic E-state index is 10.2. The fraction of sp³-hybridized carbons (Fsp3) is 0.438. The second-order valence-corrected chi connectivity index (χ2v) is 6.32. The highest BCUT2D eigenvalue weighted by Crippen LogP contribution is 2.30. The summed E-state index contributed by atoms with van der Waals surface area (Å²) in [5.41, 5.74) is 1.20.